The SMILES string of the molecule is N#Cc1c[nH]c2nc(Nc3ccc(C(=O)N4CC(CO)(CO)C4)c4c3OCCO4)nc(NC3CCOCC3)c12. The van der Waals surface area contributed by atoms with Gasteiger partial charge in [-0.1, -0.05) is 0 Å². The summed E-state index contributed by atoms with van der Waals surface area (Å²) in [5, 5.41) is 36.0. The second kappa shape index (κ2) is 10.2. The number of rotatable bonds is 7. The van der Waals surface area contributed by atoms with E-state index in [-0.39, 0.29) is 50.8 Å². The lowest BCUT2D eigenvalue weighted by molar-refractivity contribution is -0.0590. The van der Waals surface area contributed by atoms with Gasteiger partial charge in [0.1, 0.15) is 30.7 Å². The molecule has 2 fully saturated rings. The van der Waals surface area contributed by atoms with Crippen LogP contribution in [0, 0.1) is 16.7 Å². The topological polar surface area (TPSA) is 178 Å². The summed E-state index contributed by atoms with van der Waals surface area (Å²) in [7, 11) is 0. The number of aliphatic hydroxyl groups is 2. The van der Waals surface area contributed by atoms with E-state index in [1.54, 1.807) is 23.2 Å². The van der Waals surface area contributed by atoms with Gasteiger partial charge in [0.2, 0.25) is 5.95 Å². The Balaban J connectivity index is 1.31. The van der Waals surface area contributed by atoms with Crippen molar-refractivity contribution in [3.63, 3.8) is 0 Å². The number of nitrogens with zero attached hydrogens (tertiary/aromatic N) is 4. The number of aromatic amines is 1. The number of likely N-dealkylation sites (tertiary alicyclic amines) is 1. The largest absolute Gasteiger partial charge is 0.485 e. The molecular weight excluding hydrogens is 506 g/mol. The summed E-state index contributed by atoms with van der Waals surface area (Å²) in [5.41, 5.74) is 1.13. The Bertz CT molecular complexity index is 1430. The summed E-state index contributed by atoms with van der Waals surface area (Å²) in [6.07, 6.45) is 3.25. The Morgan fingerprint density at radius 1 is 1.13 bits per heavy atom. The number of fused-ring (bicyclic) bond motifs is 2. The second-order valence-corrected chi connectivity index (χ2v) is 10.1. The van der Waals surface area contributed by atoms with Crippen LogP contribution in [0.4, 0.5) is 17.5 Å². The normalized spacial score (nSPS) is 18.3. The number of aliphatic hydroxyl groups excluding tert-OH is 2. The molecule has 5 N–H and O–H groups in total. The summed E-state index contributed by atoms with van der Waals surface area (Å²) in [4.78, 5) is 27.1. The highest BCUT2D eigenvalue weighted by atomic mass is 16.6. The molecule has 5 heterocycles. The van der Waals surface area contributed by atoms with Gasteiger partial charge in [0.05, 0.1) is 40.8 Å². The van der Waals surface area contributed by atoms with Gasteiger partial charge in [-0.3, -0.25) is 4.79 Å². The first-order valence-corrected chi connectivity index (χ1v) is 12.9. The molecular formula is C26H29N7O6. The Labute approximate surface area is 223 Å². The summed E-state index contributed by atoms with van der Waals surface area (Å²) >= 11 is 0. The van der Waals surface area contributed by atoms with Crippen LogP contribution in [0.1, 0.15) is 28.8 Å². The zero-order chi connectivity index (χ0) is 27.0. The molecule has 3 aliphatic rings. The van der Waals surface area contributed by atoms with Crippen LogP contribution in [0.2, 0.25) is 0 Å². The number of hydrogen-bond acceptors (Lipinski definition) is 11. The first-order valence-electron chi connectivity index (χ1n) is 12.9. The van der Waals surface area contributed by atoms with Gasteiger partial charge in [-0.15, -0.1) is 0 Å². The first-order chi connectivity index (χ1) is 19.0. The van der Waals surface area contributed by atoms with E-state index in [1.165, 1.54) is 0 Å². The number of amides is 1. The maximum atomic E-state index is 13.2. The smallest absolute Gasteiger partial charge is 0.257 e. The Morgan fingerprint density at radius 2 is 1.87 bits per heavy atom. The van der Waals surface area contributed by atoms with Crippen molar-refractivity contribution in [2.45, 2.75) is 18.9 Å². The third-order valence-corrected chi connectivity index (χ3v) is 7.39. The molecule has 1 aromatic carbocycles. The van der Waals surface area contributed by atoms with Crippen LogP contribution in [0.15, 0.2) is 18.3 Å². The predicted octanol–water partition coefficient (Wildman–Crippen LogP) is 1.36. The van der Waals surface area contributed by atoms with E-state index >= 15 is 0 Å². The fourth-order valence-electron chi connectivity index (χ4n) is 5.17. The van der Waals surface area contributed by atoms with Crippen LogP contribution in [-0.2, 0) is 4.74 Å². The summed E-state index contributed by atoms with van der Waals surface area (Å²) in [6, 6.07) is 5.70. The minimum atomic E-state index is -0.676. The molecule has 0 atom stereocenters. The highest BCUT2D eigenvalue weighted by Crippen LogP contribution is 2.43. The summed E-state index contributed by atoms with van der Waals surface area (Å²) < 4.78 is 17.3. The Morgan fingerprint density at radius 3 is 2.59 bits per heavy atom. The van der Waals surface area contributed by atoms with Crippen molar-refractivity contribution in [1.82, 2.24) is 19.9 Å². The zero-order valence-corrected chi connectivity index (χ0v) is 21.2. The average molecular weight is 536 g/mol. The van der Waals surface area contributed by atoms with Crippen LogP contribution in [0.5, 0.6) is 11.5 Å². The monoisotopic (exact) mass is 535 g/mol. The van der Waals surface area contributed by atoms with Gasteiger partial charge >= 0.3 is 0 Å². The van der Waals surface area contributed by atoms with E-state index in [0.29, 0.717) is 65.0 Å². The molecule has 0 bridgehead atoms. The molecule has 0 saturated carbocycles. The summed E-state index contributed by atoms with van der Waals surface area (Å²) in [5.74, 6) is 1.23. The van der Waals surface area contributed by atoms with Gasteiger partial charge in [-0.25, -0.2) is 0 Å². The van der Waals surface area contributed by atoms with Gasteiger partial charge in [0.15, 0.2) is 11.5 Å². The standard InChI is InChI=1S/C26H29N7O6/c27-9-15-10-28-22-19(15)23(29-16-3-5-37-6-4-16)32-25(31-22)30-18-2-1-17(20-21(18)39-8-7-38-20)24(36)33-11-26(12-33,13-34)14-35/h1-2,10,16,34-35H,3-8,11-14H2,(H3,28,29,30,31,32). The summed E-state index contributed by atoms with van der Waals surface area (Å²) in [6.45, 7) is 2.03. The van der Waals surface area contributed by atoms with E-state index in [2.05, 4.69) is 26.7 Å². The minimum absolute atomic E-state index is 0.151. The van der Waals surface area contributed by atoms with Gasteiger partial charge in [-0.05, 0) is 25.0 Å². The van der Waals surface area contributed by atoms with Gasteiger partial charge < -0.3 is 44.9 Å². The lowest BCUT2D eigenvalue weighted by Gasteiger charge is -2.48. The fraction of sp³-hybridized carbons (Fsp3) is 0.462. The molecule has 2 aromatic heterocycles. The number of H-pyrrole nitrogens is 1. The number of aromatic nitrogens is 3. The number of nitrogens with one attached hydrogen (secondary N) is 3. The quantitative estimate of drug-likeness (QED) is 0.295. The second-order valence-electron chi connectivity index (χ2n) is 10.1. The van der Waals surface area contributed by atoms with Gasteiger partial charge in [-0.2, -0.15) is 15.2 Å². The molecule has 2 saturated heterocycles. The van der Waals surface area contributed by atoms with Crippen molar-refractivity contribution < 1.29 is 29.2 Å². The highest BCUT2D eigenvalue weighted by molar-refractivity contribution is 6.00. The number of hydrogen-bond donors (Lipinski definition) is 5. The Kier molecular flexibility index (Phi) is 6.59. The number of nitriles is 1. The van der Waals surface area contributed by atoms with Crippen LogP contribution in [0.3, 0.4) is 0 Å². The molecule has 3 aliphatic heterocycles. The number of ether oxygens (including phenoxy) is 3. The van der Waals surface area contributed by atoms with Crippen molar-refractivity contribution >= 4 is 34.4 Å². The molecule has 39 heavy (non-hydrogen) atoms. The van der Waals surface area contributed by atoms with Gasteiger partial charge in [0, 0.05) is 38.5 Å². The van der Waals surface area contributed by atoms with E-state index in [4.69, 9.17) is 19.2 Å². The molecule has 204 valence electrons. The molecule has 0 radical (unpaired) electrons. The Hall–Kier alpha value is -4.12. The van der Waals surface area contributed by atoms with Crippen LogP contribution >= 0.6 is 0 Å². The van der Waals surface area contributed by atoms with Crippen molar-refractivity contribution in [3.05, 3.63) is 29.5 Å². The molecule has 13 heteroatoms. The fourth-order valence-corrected chi connectivity index (χ4v) is 5.17. The number of anilines is 3. The van der Waals surface area contributed by atoms with E-state index in [9.17, 15) is 20.3 Å². The van der Waals surface area contributed by atoms with E-state index in [1.807, 2.05) is 0 Å². The molecule has 0 unspecified atom stereocenters. The van der Waals surface area contributed by atoms with E-state index < -0.39 is 5.41 Å². The van der Waals surface area contributed by atoms with Gasteiger partial charge in [0.25, 0.3) is 5.91 Å². The van der Waals surface area contributed by atoms with Crippen molar-refractivity contribution in [1.29, 1.82) is 5.26 Å². The molecule has 1 amide bonds. The number of carbonyl (C=O) groups excluding carboxylic acids is 1. The maximum Gasteiger partial charge on any atom is 0.257 e. The lowest BCUT2D eigenvalue weighted by atomic mass is 9.81. The van der Waals surface area contributed by atoms with Crippen molar-refractivity contribution in [3.8, 4) is 17.6 Å². The maximum absolute atomic E-state index is 13.2. The average Bonchev–Trinajstić information content (AvgIpc) is 3.37. The van der Waals surface area contributed by atoms with E-state index in [0.717, 1.165) is 12.8 Å². The third kappa shape index (κ3) is 4.56. The predicted molar refractivity (Wildman–Crippen MR) is 139 cm³/mol. The number of carbonyl (C=O) groups is 1. The highest BCUT2D eigenvalue weighted by Gasteiger charge is 2.45. The molecule has 3 aromatic rings. The molecule has 0 spiro atoms. The molecule has 6 rings (SSSR count). The van der Waals surface area contributed by atoms with Crippen LogP contribution < -0.4 is 20.1 Å². The van der Waals surface area contributed by atoms with Crippen LogP contribution in [0.25, 0.3) is 11.0 Å². The first kappa shape index (κ1) is 25.2. The third-order valence-electron chi connectivity index (χ3n) is 7.39. The lowest BCUT2D eigenvalue weighted by Crippen LogP contribution is -2.62. The number of benzene rings is 1. The zero-order valence-electron chi connectivity index (χ0n) is 21.2. The van der Waals surface area contributed by atoms with Crippen molar-refractivity contribution in [2.75, 3.05) is 63.4 Å². The van der Waals surface area contributed by atoms with Crippen LogP contribution in [-0.4, -0.2) is 94.7 Å². The van der Waals surface area contributed by atoms with Crippen molar-refractivity contribution in [2.24, 2.45) is 5.41 Å². The molecule has 13 nitrogen and oxygen atoms in total. The minimum Gasteiger partial charge on any atom is -0.485 e. The molecule has 0 aliphatic carbocycles.